The van der Waals surface area contributed by atoms with Gasteiger partial charge in [0.15, 0.2) is 6.10 Å². The molecular weight excluding hydrogens is 620 g/mol. The zero-order valence-electron chi connectivity index (χ0n) is 32.9. The molecule has 0 amide bonds. The van der Waals surface area contributed by atoms with Crippen LogP contribution in [0.4, 0.5) is 0 Å². The van der Waals surface area contributed by atoms with E-state index in [1.165, 1.54) is 77.0 Å². The quantitative estimate of drug-likeness (QED) is 0.0367. The van der Waals surface area contributed by atoms with Crippen molar-refractivity contribution < 1.29 is 23.8 Å². The lowest BCUT2D eigenvalue weighted by molar-refractivity contribution is -0.163. The van der Waals surface area contributed by atoms with Crippen LogP contribution in [-0.4, -0.2) is 37.9 Å². The summed E-state index contributed by atoms with van der Waals surface area (Å²) < 4.78 is 17.1. The van der Waals surface area contributed by atoms with E-state index in [0.29, 0.717) is 19.4 Å². The molecule has 0 heterocycles. The first kappa shape index (κ1) is 47.6. The van der Waals surface area contributed by atoms with Crippen LogP contribution in [0.25, 0.3) is 0 Å². The van der Waals surface area contributed by atoms with Crippen LogP contribution in [0.2, 0.25) is 0 Å². The van der Waals surface area contributed by atoms with Crippen molar-refractivity contribution in [2.75, 3.05) is 19.8 Å². The Morgan fingerprint density at radius 1 is 0.460 bits per heavy atom. The van der Waals surface area contributed by atoms with Gasteiger partial charge in [-0.2, -0.15) is 0 Å². The third-order valence-corrected chi connectivity index (χ3v) is 8.57. The number of hydrogen-bond acceptors (Lipinski definition) is 5. The molecule has 0 spiro atoms. The van der Waals surface area contributed by atoms with Crippen molar-refractivity contribution in [1.82, 2.24) is 0 Å². The van der Waals surface area contributed by atoms with Crippen molar-refractivity contribution in [3.63, 3.8) is 0 Å². The molecule has 1 atom stereocenters. The van der Waals surface area contributed by atoms with Gasteiger partial charge in [-0.05, 0) is 57.8 Å². The molecule has 288 valence electrons. The second-order valence-electron chi connectivity index (χ2n) is 13.5. The van der Waals surface area contributed by atoms with Crippen LogP contribution in [0, 0.1) is 0 Å². The fourth-order valence-corrected chi connectivity index (χ4v) is 5.48. The first-order valence-electron chi connectivity index (χ1n) is 20.8. The lowest BCUT2D eigenvalue weighted by Crippen LogP contribution is -2.30. The van der Waals surface area contributed by atoms with E-state index >= 15 is 0 Å². The fraction of sp³-hybridized carbons (Fsp3) is 0.733. The van der Waals surface area contributed by atoms with Crippen molar-refractivity contribution in [3.8, 4) is 0 Å². The van der Waals surface area contributed by atoms with Gasteiger partial charge in [-0.3, -0.25) is 9.59 Å². The summed E-state index contributed by atoms with van der Waals surface area (Å²) >= 11 is 0. The molecule has 0 N–H and O–H groups in total. The average molecular weight is 699 g/mol. The van der Waals surface area contributed by atoms with Crippen LogP contribution < -0.4 is 0 Å². The van der Waals surface area contributed by atoms with E-state index in [1.54, 1.807) is 0 Å². The molecule has 0 bridgehead atoms. The van der Waals surface area contributed by atoms with Gasteiger partial charge in [0.1, 0.15) is 6.61 Å². The highest BCUT2D eigenvalue weighted by atomic mass is 16.6. The van der Waals surface area contributed by atoms with Gasteiger partial charge in [-0.1, -0.05) is 178 Å². The molecule has 0 saturated heterocycles. The average Bonchev–Trinajstić information content (AvgIpc) is 3.11. The maximum Gasteiger partial charge on any atom is 0.306 e. The molecule has 0 aliphatic rings. The zero-order valence-corrected chi connectivity index (χ0v) is 32.9. The van der Waals surface area contributed by atoms with E-state index in [4.69, 9.17) is 14.2 Å². The van der Waals surface area contributed by atoms with Crippen LogP contribution in [0.15, 0.2) is 60.8 Å². The standard InChI is InChI=1S/C45H78O5/c1-4-7-10-13-16-18-20-21-22-23-24-25-26-27-30-32-35-38-44(46)49-42-43(50-45(47)39-36-33-29-15-12-9-6-3)41-48-40-37-34-31-28-19-17-14-11-8-5-2/h7,10,16,18,21-22,24-25,27,30,43H,4-6,8-9,11-15,17,19-20,23,26,28-29,31-42H2,1-3H3/b10-7-,18-16-,22-21-,25-24-,30-27-. The van der Waals surface area contributed by atoms with Crippen LogP contribution in [0.3, 0.4) is 0 Å². The number of ether oxygens (including phenoxy) is 3. The minimum atomic E-state index is -0.551. The molecule has 0 radical (unpaired) electrons. The smallest absolute Gasteiger partial charge is 0.306 e. The molecular formula is C45H78O5. The molecule has 0 aliphatic carbocycles. The molecule has 0 fully saturated rings. The maximum atomic E-state index is 12.6. The highest BCUT2D eigenvalue weighted by Crippen LogP contribution is 2.12. The molecule has 0 saturated carbocycles. The van der Waals surface area contributed by atoms with Crippen molar-refractivity contribution in [2.45, 2.75) is 194 Å². The summed E-state index contributed by atoms with van der Waals surface area (Å²) in [5, 5.41) is 0. The number of hydrogen-bond donors (Lipinski definition) is 0. The van der Waals surface area contributed by atoms with Crippen LogP contribution >= 0.6 is 0 Å². The highest BCUT2D eigenvalue weighted by molar-refractivity contribution is 5.70. The number of carbonyl (C=O) groups is 2. The summed E-state index contributed by atoms with van der Waals surface area (Å²) in [4.78, 5) is 25.0. The number of carbonyl (C=O) groups excluding carboxylic acids is 2. The van der Waals surface area contributed by atoms with E-state index in [9.17, 15) is 9.59 Å². The maximum absolute atomic E-state index is 12.6. The van der Waals surface area contributed by atoms with Gasteiger partial charge in [0, 0.05) is 19.4 Å². The molecule has 5 nitrogen and oxygen atoms in total. The first-order valence-corrected chi connectivity index (χ1v) is 20.8. The molecule has 0 aromatic heterocycles. The third kappa shape index (κ3) is 38.4. The minimum absolute atomic E-state index is 0.0568. The van der Waals surface area contributed by atoms with Crippen molar-refractivity contribution >= 4 is 11.9 Å². The summed E-state index contributed by atoms with van der Waals surface area (Å²) in [5.74, 6) is -0.472. The van der Waals surface area contributed by atoms with E-state index < -0.39 is 6.10 Å². The Bertz CT molecular complexity index is 884. The predicted octanol–water partition coefficient (Wildman–Crippen LogP) is 13.4. The molecule has 50 heavy (non-hydrogen) atoms. The Morgan fingerprint density at radius 3 is 1.42 bits per heavy atom. The Morgan fingerprint density at radius 2 is 0.900 bits per heavy atom. The first-order chi connectivity index (χ1) is 24.6. The molecule has 1 unspecified atom stereocenters. The zero-order chi connectivity index (χ0) is 36.4. The van der Waals surface area contributed by atoms with E-state index in [2.05, 4.69) is 81.5 Å². The van der Waals surface area contributed by atoms with Gasteiger partial charge in [-0.25, -0.2) is 0 Å². The van der Waals surface area contributed by atoms with Gasteiger partial charge < -0.3 is 14.2 Å². The molecule has 0 aliphatic heterocycles. The topological polar surface area (TPSA) is 61.8 Å². The fourth-order valence-electron chi connectivity index (χ4n) is 5.48. The summed E-state index contributed by atoms with van der Waals surface area (Å²) in [6.07, 6.45) is 49.4. The largest absolute Gasteiger partial charge is 0.462 e. The third-order valence-electron chi connectivity index (χ3n) is 8.57. The van der Waals surface area contributed by atoms with E-state index in [0.717, 1.165) is 77.0 Å². The number of rotatable bonds is 37. The minimum Gasteiger partial charge on any atom is -0.462 e. The van der Waals surface area contributed by atoms with Gasteiger partial charge in [-0.15, -0.1) is 0 Å². The van der Waals surface area contributed by atoms with E-state index in [1.807, 2.05) is 0 Å². The highest BCUT2D eigenvalue weighted by Gasteiger charge is 2.17. The number of unbranched alkanes of at least 4 members (excludes halogenated alkanes) is 16. The Kier molecular flexibility index (Phi) is 39.1. The lowest BCUT2D eigenvalue weighted by Gasteiger charge is -2.18. The predicted molar refractivity (Wildman–Crippen MR) is 214 cm³/mol. The van der Waals surface area contributed by atoms with Gasteiger partial charge in [0.25, 0.3) is 0 Å². The number of allylic oxidation sites excluding steroid dienone is 10. The van der Waals surface area contributed by atoms with Gasteiger partial charge in [0.2, 0.25) is 0 Å². The monoisotopic (exact) mass is 699 g/mol. The van der Waals surface area contributed by atoms with Gasteiger partial charge >= 0.3 is 11.9 Å². The molecule has 0 rings (SSSR count). The van der Waals surface area contributed by atoms with Crippen LogP contribution in [0.1, 0.15) is 188 Å². The van der Waals surface area contributed by atoms with Crippen LogP contribution in [0.5, 0.6) is 0 Å². The summed E-state index contributed by atoms with van der Waals surface area (Å²) in [7, 11) is 0. The second-order valence-corrected chi connectivity index (χ2v) is 13.5. The summed E-state index contributed by atoms with van der Waals surface area (Å²) in [5.41, 5.74) is 0. The Hall–Kier alpha value is -2.40. The van der Waals surface area contributed by atoms with Gasteiger partial charge in [0.05, 0.1) is 6.61 Å². The molecule has 5 heteroatoms. The summed E-state index contributed by atoms with van der Waals surface area (Å²) in [6.45, 7) is 7.60. The molecule has 0 aromatic carbocycles. The molecule has 0 aromatic rings. The van der Waals surface area contributed by atoms with Crippen molar-refractivity contribution in [2.24, 2.45) is 0 Å². The summed E-state index contributed by atoms with van der Waals surface area (Å²) in [6, 6.07) is 0. The number of esters is 2. The van der Waals surface area contributed by atoms with Crippen molar-refractivity contribution in [3.05, 3.63) is 60.8 Å². The van der Waals surface area contributed by atoms with Crippen molar-refractivity contribution in [1.29, 1.82) is 0 Å². The Labute approximate surface area is 309 Å². The van der Waals surface area contributed by atoms with E-state index in [-0.39, 0.29) is 25.2 Å². The SMILES string of the molecule is CC/C=C\C/C=C\C/C=C\C/C=C\C/C=C\CCCC(=O)OCC(COCCCCCCCCCCCC)OC(=O)CCCCCCCCC. The Balaban J connectivity index is 4.26. The second kappa shape index (κ2) is 41.0. The van der Waals surface area contributed by atoms with Crippen LogP contribution in [-0.2, 0) is 23.8 Å². The lowest BCUT2D eigenvalue weighted by atomic mass is 10.1. The normalized spacial score (nSPS) is 12.8.